The van der Waals surface area contributed by atoms with Crippen molar-refractivity contribution < 1.29 is 4.79 Å². The molecule has 2 rings (SSSR count). The molecule has 0 radical (unpaired) electrons. The van der Waals surface area contributed by atoms with Crippen LogP contribution in [-0.4, -0.2) is 26.1 Å². The van der Waals surface area contributed by atoms with Gasteiger partial charge < -0.3 is 4.90 Å². The van der Waals surface area contributed by atoms with Gasteiger partial charge in [0.25, 0.3) is 0 Å². The summed E-state index contributed by atoms with van der Waals surface area (Å²) in [5.41, 5.74) is 2.86. The van der Waals surface area contributed by atoms with E-state index in [0.717, 1.165) is 16.1 Å². The highest BCUT2D eigenvalue weighted by Crippen LogP contribution is 2.17. The summed E-state index contributed by atoms with van der Waals surface area (Å²) in [7, 11) is 4.00. The summed E-state index contributed by atoms with van der Waals surface area (Å²) in [4.78, 5) is 15.3. The third-order valence-corrected chi connectivity index (χ3v) is 3.93. The van der Waals surface area contributed by atoms with E-state index in [2.05, 4.69) is 6.07 Å². The highest BCUT2D eigenvalue weighted by molar-refractivity contribution is 7.98. The van der Waals surface area contributed by atoms with Crippen LogP contribution in [0.2, 0.25) is 0 Å². The van der Waals surface area contributed by atoms with Crippen LogP contribution in [0.3, 0.4) is 0 Å². The van der Waals surface area contributed by atoms with Crippen molar-refractivity contribution in [2.24, 2.45) is 0 Å². The van der Waals surface area contributed by atoms with Crippen LogP contribution in [0.1, 0.15) is 15.9 Å². The first kappa shape index (κ1) is 15.4. The predicted octanol–water partition coefficient (Wildman–Crippen LogP) is 4.37. The van der Waals surface area contributed by atoms with Crippen LogP contribution in [0.4, 0.5) is 5.69 Å². The summed E-state index contributed by atoms with van der Waals surface area (Å²) in [6.45, 7) is 0. The molecular weight excluding hydrogens is 278 g/mol. The molecule has 0 heterocycles. The van der Waals surface area contributed by atoms with E-state index in [-0.39, 0.29) is 5.78 Å². The maximum Gasteiger partial charge on any atom is 0.185 e. The Bertz CT molecular complexity index is 645. The second-order valence-corrected chi connectivity index (χ2v) is 5.80. The van der Waals surface area contributed by atoms with Crippen LogP contribution in [0, 0.1) is 0 Å². The van der Waals surface area contributed by atoms with Gasteiger partial charge >= 0.3 is 0 Å². The van der Waals surface area contributed by atoms with Crippen LogP contribution >= 0.6 is 11.8 Å². The predicted molar refractivity (Wildman–Crippen MR) is 92.4 cm³/mol. The molecule has 0 atom stereocenters. The first-order valence-corrected chi connectivity index (χ1v) is 7.96. The number of anilines is 1. The molecule has 0 saturated heterocycles. The summed E-state index contributed by atoms with van der Waals surface area (Å²) in [5, 5.41) is 0. The van der Waals surface area contributed by atoms with Crippen LogP contribution in [0.25, 0.3) is 6.08 Å². The van der Waals surface area contributed by atoms with Crippen molar-refractivity contribution in [2.75, 3.05) is 25.3 Å². The van der Waals surface area contributed by atoms with E-state index in [1.54, 1.807) is 17.8 Å². The highest BCUT2D eigenvalue weighted by atomic mass is 32.2. The molecule has 3 heteroatoms. The Labute approximate surface area is 130 Å². The van der Waals surface area contributed by atoms with Gasteiger partial charge in [0, 0.05) is 30.2 Å². The zero-order chi connectivity index (χ0) is 15.2. The zero-order valence-electron chi connectivity index (χ0n) is 12.5. The fraction of sp³-hybridized carbons (Fsp3) is 0.167. The van der Waals surface area contributed by atoms with E-state index in [4.69, 9.17) is 0 Å². The number of benzene rings is 2. The van der Waals surface area contributed by atoms with Crippen molar-refractivity contribution >= 4 is 29.3 Å². The molecule has 0 amide bonds. The van der Waals surface area contributed by atoms with Gasteiger partial charge in [-0.15, -0.1) is 11.8 Å². The zero-order valence-corrected chi connectivity index (χ0v) is 13.4. The Hall–Kier alpha value is -2.00. The van der Waals surface area contributed by atoms with Gasteiger partial charge in [0.05, 0.1) is 0 Å². The normalized spacial score (nSPS) is 10.8. The fourth-order valence-corrected chi connectivity index (χ4v) is 2.34. The lowest BCUT2D eigenvalue weighted by Gasteiger charge is -2.12. The number of thioether (sulfide) groups is 1. The van der Waals surface area contributed by atoms with E-state index in [1.165, 1.54) is 0 Å². The molecule has 0 aliphatic carbocycles. The Morgan fingerprint density at radius 2 is 1.81 bits per heavy atom. The quantitative estimate of drug-likeness (QED) is 0.464. The fourth-order valence-electron chi connectivity index (χ4n) is 1.93. The Morgan fingerprint density at radius 1 is 1.10 bits per heavy atom. The van der Waals surface area contributed by atoms with Gasteiger partial charge in [-0.25, -0.2) is 0 Å². The van der Waals surface area contributed by atoms with E-state index in [0.29, 0.717) is 5.56 Å². The molecule has 0 saturated carbocycles. The molecule has 0 fully saturated rings. The first-order chi connectivity index (χ1) is 10.1. The lowest BCUT2D eigenvalue weighted by Crippen LogP contribution is -2.08. The Balaban J connectivity index is 2.12. The van der Waals surface area contributed by atoms with Gasteiger partial charge in [-0.05, 0) is 54.3 Å². The minimum Gasteiger partial charge on any atom is -0.378 e. The van der Waals surface area contributed by atoms with Crippen molar-refractivity contribution in [2.45, 2.75) is 4.90 Å². The average molecular weight is 297 g/mol. The molecule has 2 aromatic carbocycles. The van der Waals surface area contributed by atoms with Crippen LogP contribution in [-0.2, 0) is 0 Å². The average Bonchev–Trinajstić information content (AvgIpc) is 2.53. The van der Waals surface area contributed by atoms with E-state index in [1.807, 2.05) is 73.8 Å². The maximum absolute atomic E-state index is 12.1. The summed E-state index contributed by atoms with van der Waals surface area (Å²) in [5.74, 6) is 0.0258. The molecule has 0 aliphatic heterocycles. The largest absolute Gasteiger partial charge is 0.378 e. The summed E-state index contributed by atoms with van der Waals surface area (Å²) >= 11 is 1.67. The summed E-state index contributed by atoms with van der Waals surface area (Å²) in [6, 6.07) is 15.8. The number of allylic oxidation sites excluding steroid dienone is 1. The van der Waals surface area contributed by atoms with Gasteiger partial charge in [-0.3, -0.25) is 4.79 Å². The Kier molecular flexibility index (Phi) is 5.23. The number of hydrogen-bond acceptors (Lipinski definition) is 3. The highest BCUT2D eigenvalue weighted by Gasteiger charge is 2.02. The number of nitrogens with zero attached hydrogens (tertiary/aromatic N) is 1. The van der Waals surface area contributed by atoms with Crippen molar-refractivity contribution in [3.8, 4) is 0 Å². The van der Waals surface area contributed by atoms with Crippen molar-refractivity contribution in [3.63, 3.8) is 0 Å². The third-order valence-electron chi connectivity index (χ3n) is 3.19. The van der Waals surface area contributed by atoms with Crippen LogP contribution < -0.4 is 4.90 Å². The summed E-state index contributed by atoms with van der Waals surface area (Å²) < 4.78 is 0. The minimum absolute atomic E-state index is 0.0258. The third kappa shape index (κ3) is 4.23. The summed E-state index contributed by atoms with van der Waals surface area (Å²) in [6.07, 6.45) is 5.51. The Morgan fingerprint density at radius 3 is 2.43 bits per heavy atom. The van der Waals surface area contributed by atoms with Crippen LogP contribution in [0.15, 0.2) is 59.5 Å². The lowest BCUT2D eigenvalue weighted by atomic mass is 10.1. The molecule has 0 aromatic heterocycles. The molecule has 0 N–H and O–H groups in total. The first-order valence-electron chi connectivity index (χ1n) is 6.74. The number of hydrogen-bond donors (Lipinski definition) is 0. The van der Waals surface area contributed by atoms with Gasteiger partial charge in [0.15, 0.2) is 5.78 Å². The van der Waals surface area contributed by atoms with E-state index in [9.17, 15) is 4.79 Å². The second kappa shape index (κ2) is 7.14. The van der Waals surface area contributed by atoms with E-state index >= 15 is 0 Å². The van der Waals surface area contributed by atoms with Crippen molar-refractivity contribution in [3.05, 3.63) is 65.7 Å². The molecule has 0 bridgehead atoms. The second-order valence-electron chi connectivity index (χ2n) is 4.92. The smallest absolute Gasteiger partial charge is 0.185 e. The van der Waals surface area contributed by atoms with Gasteiger partial charge in [0.2, 0.25) is 0 Å². The molecule has 0 unspecified atom stereocenters. The minimum atomic E-state index is 0.0258. The molecule has 0 spiro atoms. The van der Waals surface area contributed by atoms with Crippen LogP contribution in [0.5, 0.6) is 0 Å². The van der Waals surface area contributed by atoms with Crippen molar-refractivity contribution in [1.82, 2.24) is 0 Å². The SMILES string of the molecule is CSc1ccc(C(=O)C=Cc2cccc(N(C)C)c2)cc1. The monoisotopic (exact) mass is 297 g/mol. The molecule has 21 heavy (non-hydrogen) atoms. The maximum atomic E-state index is 12.1. The molecule has 0 aliphatic rings. The topological polar surface area (TPSA) is 20.3 Å². The van der Waals surface area contributed by atoms with Gasteiger partial charge in [0.1, 0.15) is 0 Å². The van der Waals surface area contributed by atoms with Gasteiger partial charge in [-0.2, -0.15) is 0 Å². The lowest BCUT2D eigenvalue weighted by molar-refractivity contribution is 0.104. The molecular formula is C18H19NOS. The number of rotatable bonds is 5. The standard InChI is InChI=1S/C18H19NOS/c1-19(2)16-6-4-5-14(13-16)7-12-18(20)15-8-10-17(21-3)11-9-15/h4-13H,1-3H3. The van der Waals surface area contributed by atoms with Crippen molar-refractivity contribution in [1.29, 1.82) is 0 Å². The molecule has 2 nitrogen and oxygen atoms in total. The number of carbonyl (C=O) groups is 1. The number of ketones is 1. The van der Waals surface area contributed by atoms with E-state index < -0.39 is 0 Å². The van der Waals surface area contributed by atoms with Gasteiger partial charge in [-0.1, -0.05) is 18.2 Å². The molecule has 2 aromatic rings. The number of carbonyl (C=O) groups excluding carboxylic acids is 1. The molecule has 108 valence electrons.